The molecule has 1 amide bonds. The fraction of sp³-hybridized carbons (Fsp3) is 0.571. The van der Waals surface area contributed by atoms with Gasteiger partial charge in [0.2, 0.25) is 0 Å². The molecule has 2 rings (SSSR count). The summed E-state index contributed by atoms with van der Waals surface area (Å²) >= 11 is 1.93. The van der Waals surface area contributed by atoms with Gasteiger partial charge in [0.15, 0.2) is 0 Å². The summed E-state index contributed by atoms with van der Waals surface area (Å²) in [5, 5.41) is 3.66. The number of amides is 1. The van der Waals surface area contributed by atoms with E-state index in [0.717, 1.165) is 24.5 Å². The Morgan fingerprint density at radius 3 is 2.95 bits per heavy atom. The highest BCUT2D eigenvalue weighted by atomic mass is 32.2. The first kappa shape index (κ1) is 14.2. The lowest BCUT2D eigenvalue weighted by molar-refractivity contribution is 0.0692. The van der Waals surface area contributed by atoms with Gasteiger partial charge in [0, 0.05) is 30.1 Å². The zero-order valence-corrected chi connectivity index (χ0v) is 12.5. The van der Waals surface area contributed by atoms with Gasteiger partial charge in [-0.15, -0.1) is 0 Å². The van der Waals surface area contributed by atoms with E-state index in [2.05, 4.69) is 24.1 Å². The van der Waals surface area contributed by atoms with Gasteiger partial charge in [-0.1, -0.05) is 6.92 Å². The molecule has 0 saturated carbocycles. The Bertz CT molecular complexity index is 435. The van der Waals surface area contributed by atoms with Crippen molar-refractivity contribution in [3.05, 3.63) is 24.0 Å². The molecule has 0 spiro atoms. The lowest BCUT2D eigenvalue weighted by Gasteiger charge is -2.37. The second-order valence-corrected chi connectivity index (χ2v) is 6.26. The Labute approximate surface area is 119 Å². The molecule has 1 aromatic heterocycles. The molecule has 0 radical (unpaired) electrons. The van der Waals surface area contributed by atoms with Crippen molar-refractivity contribution in [3.8, 4) is 0 Å². The van der Waals surface area contributed by atoms with Crippen LogP contribution < -0.4 is 5.32 Å². The van der Waals surface area contributed by atoms with Gasteiger partial charge < -0.3 is 10.2 Å². The molecule has 4 nitrogen and oxygen atoms in total. The maximum absolute atomic E-state index is 12.5. The molecule has 1 aromatic rings. The molecule has 2 atom stereocenters. The van der Waals surface area contributed by atoms with E-state index in [0.29, 0.717) is 10.9 Å². The SMILES string of the molecule is CCNc1ccc(C(=O)N2CCSC(C)C2C)nc1. The number of nitrogens with zero attached hydrogens (tertiary/aromatic N) is 2. The summed E-state index contributed by atoms with van der Waals surface area (Å²) in [5.41, 5.74) is 1.49. The van der Waals surface area contributed by atoms with Crippen LogP contribution in [-0.2, 0) is 0 Å². The summed E-state index contributed by atoms with van der Waals surface area (Å²) in [6.45, 7) is 7.99. The van der Waals surface area contributed by atoms with Crippen molar-refractivity contribution in [1.82, 2.24) is 9.88 Å². The molecule has 1 aliphatic heterocycles. The van der Waals surface area contributed by atoms with Gasteiger partial charge in [-0.2, -0.15) is 11.8 Å². The molecule has 2 unspecified atom stereocenters. The summed E-state index contributed by atoms with van der Waals surface area (Å²) in [7, 11) is 0. The van der Waals surface area contributed by atoms with Crippen LogP contribution in [0.15, 0.2) is 18.3 Å². The van der Waals surface area contributed by atoms with Gasteiger partial charge in [0.1, 0.15) is 5.69 Å². The van der Waals surface area contributed by atoms with Gasteiger partial charge in [0.25, 0.3) is 5.91 Å². The Hall–Kier alpha value is -1.23. The zero-order valence-electron chi connectivity index (χ0n) is 11.7. The third-order valence-corrected chi connectivity index (χ3v) is 4.85. The molecule has 19 heavy (non-hydrogen) atoms. The minimum Gasteiger partial charge on any atom is -0.384 e. The summed E-state index contributed by atoms with van der Waals surface area (Å²) < 4.78 is 0. The van der Waals surface area contributed by atoms with E-state index in [1.165, 1.54) is 0 Å². The molecule has 0 aliphatic carbocycles. The van der Waals surface area contributed by atoms with Crippen molar-refractivity contribution in [2.45, 2.75) is 32.1 Å². The highest BCUT2D eigenvalue weighted by molar-refractivity contribution is 8.00. The molecule has 1 fully saturated rings. The molecule has 0 aromatic carbocycles. The topological polar surface area (TPSA) is 45.2 Å². The van der Waals surface area contributed by atoms with Gasteiger partial charge in [0.05, 0.1) is 11.9 Å². The Balaban J connectivity index is 2.10. The molecule has 1 N–H and O–H groups in total. The van der Waals surface area contributed by atoms with Gasteiger partial charge in [-0.05, 0) is 26.0 Å². The molecule has 5 heteroatoms. The summed E-state index contributed by atoms with van der Waals surface area (Å²) in [4.78, 5) is 18.7. The smallest absolute Gasteiger partial charge is 0.272 e. The summed E-state index contributed by atoms with van der Waals surface area (Å²) in [6.07, 6.45) is 1.73. The van der Waals surface area contributed by atoms with E-state index in [1.54, 1.807) is 12.3 Å². The first-order valence-electron chi connectivity index (χ1n) is 6.76. The van der Waals surface area contributed by atoms with Gasteiger partial charge in [-0.3, -0.25) is 4.79 Å². The number of hydrogen-bond acceptors (Lipinski definition) is 4. The number of nitrogens with one attached hydrogen (secondary N) is 1. The van der Waals surface area contributed by atoms with Crippen LogP contribution in [0, 0.1) is 0 Å². The molecular formula is C14H21N3OS. The maximum atomic E-state index is 12.5. The highest BCUT2D eigenvalue weighted by Crippen LogP contribution is 2.25. The average Bonchev–Trinajstić information content (AvgIpc) is 2.42. The normalized spacial score (nSPS) is 23.2. The van der Waals surface area contributed by atoms with Crippen LogP contribution in [0.2, 0.25) is 0 Å². The lowest BCUT2D eigenvalue weighted by Crippen LogP contribution is -2.48. The van der Waals surface area contributed by atoms with E-state index in [1.807, 2.05) is 29.7 Å². The van der Waals surface area contributed by atoms with Crippen molar-refractivity contribution in [2.75, 3.05) is 24.2 Å². The quantitative estimate of drug-likeness (QED) is 0.923. The van der Waals surface area contributed by atoms with E-state index < -0.39 is 0 Å². The van der Waals surface area contributed by atoms with Crippen LogP contribution in [-0.4, -0.2) is 45.9 Å². The van der Waals surface area contributed by atoms with Gasteiger partial charge >= 0.3 is 0 Å². The predicted molar refractivity (Wildman–Crippen MR) is 80.8 cm³/mol. The number of rotatable bonds is 3. The van der Waals surface area contributed by atoms with Crippen LogP contribution in [0.3, 0.4) is 0 Å². The fourth-order valence-electron chi connectivity index (χ4n) is 2.20. The van der Waals surface area contributed by atoms with Crippen molar-refractivity contribution in [1.29, 1.82) is 0 Å². The molecule has 1 aliphatic rings. The van der Waals surface area contributed by atoms with E-state index >= 15 is 0 Å². The second kappa shape index (κ2) is 6.28. The number of carbonyl (C=O) groups is 1. The van der Waals surface area contributed by atoms with Crippen molar-refractivity contribution < 1.29 is 4.79 Å². The first-order valence-corrected chi connectivity index (χ1v) is 7.81. The largest absolute Gasteiger partial charge is 0.384 e. The third-order valence-electron chi connectivity index (χ3n) is 3.51. The van der Waals surface area contributed by atoms with Crippen LogP contribution in [0.25, 0.3) is 0 Å². The zero-order chi connectivity index (χ0) is 13.8. The summed E-state index contributed by atoms with van der Waals surface area (Å²) in [6, 6.07) is 3.98. The Kier molecular flexibility index (Phi) is 4.69. The lowest BCUT2D eigenvalue weighted by atomic mass is 10.2. The van der Waals surface area contributed by atoms with Crippen LogP contribution in [0.5, 0.6) is 0 Å². The number of anilines is 1. The molecular weight excluding hydrogens is 258 g/mol. The monoisotopic (exact) mass is 279 g/mol. The first-order chi connectivity index (χ1) is 9.13. The molecule has 0 bridgehead atoms. The number of aromatic nitrogens is 1. The Morgan fingerprint density at radius 2 is 2.32 bits per heavy atom. The maximum Gasteiger partial charge on any atom is 0.272 e. The van der Waals surface area contributed by atoms with Crippen molar-refractivity contribution >= 4 is 23.4 Å². The number of carbonyl (C=O) groups excluding carboxylic acids is 1. The summed E-state index contributed by atoms with van der Waals surface area (Å²) in [5.74, 6) is 1.05. The van der Waals surface area contributed by atoms with E-state index in [9.17, 15) is 4.79 Å². The minimum atomic E-state index is 0.0442. The van der Waals surface area contributed by atoms with Crippen molar-refractivity contribution in [2.24, 2.45) is 0 Å². The number of hydrogen-bond donors (Lipinski definition) is 1. The molecule has 2 heterocycles. The van der Waals surface area contributed by atoms with Gasteiger partial charge in [-0.25, -0.2) is 4.98 Å². The minimum absolute atomic E-state index is 0.0442. The number of pyridine rings is 1. The Morgan fingerprint density at radius 1 is 1.53 bits per heavy atom. The van der Waals surface area contributed by atoms with E-state index in [4.69, 9.17) is 0 Å². The molecule has 1 saturated heterocycles. The van der Waals surface area contributed by atoms with E-state index in [-0.39, 0.29) is 11.9 Å². The third kappa shape index (κ3) is 3.21. The second-order valence-electron chi connectivity index (χ2n) is 4.78. The van der Waals surface area contributed by atoms with Crippen LogP contribution in [0.1, 0.15) is 31.3 Å². The highest BCUT2D eigenvalue weighted by Gasteiger charge is 2.29. The van der Waals surface area contributed by atoms with Crippen molar-refractivity contribution in [3.63, 3.8) is 0 Å². The molecule has 104 valence electrons. The van der Waals surface area contributed by atoms with Crippen LogP contribution >= 0.6 is 11.8 Å². The standard InChI is InChI=1S/C14H21N3OS/c1-4-15-12-5-6-13(16-9-12)14(18)17-7-8-19-11(3)10(17)2/h5-6,9-11,15H,4,7-8H2,1-3H3. The fourth-order valence-corrected chi connectivity index (χ4v) is 3.30. The number of thioether (sulfide) groups is 1. The average molecular weight is 279 g/mol. The van der Waals surface area contributed by atoms with Crippen LogP contribution in [0.4, 0.5) is 5.69 Å². The predicted octanol–water partition coefficient (Wildman–Crippen LogP) is 2.48.